The van der Waals surface area contributed by atoms with Crippen molar-refractivity contribution in [2.24, 2.45) is 5.92 Å². The van der Waals surface area contributed by atoms with Crippen LogP contribution in [0.4, 0.5) is 5.69 Å². The zero-order valence-corrected chi connectivity index (χ0v) is 14.4. The van der Waals surface area contributed by atoms with E-state index >= 15 is 0 Å². The normalized spacial score (nSPS) is 16.7. The summed E-state index contributed by atoms with van der Waals surface area (Å²) in [6.07, 6.45) is 8.59. The molecule has 0 saturated heterocycles. The third kappa shape index (κ3) is 4.76. The van der Waals surface area contributed by atoms with Gasteiger partial charge in [-0.25, -0.2) is 0 Å². The standard InChI is InChI=1S/C20H33N/c1-15(2)18-10-11-20(19(14-18)16(3)4)21-13-12-17-8-6-5-7-9-17/h10-11,14-17,21H,5-9,12-13H2,1-4H3. The largest absolute Gasteiger partial charge is 0.385 e. The molecule has 2 rings (SSSR count). The van der Waals surface area contributed by atoms with Gasteiger partial charge in [-0.3, -0.25) is 0 Å². The molecule has 0 heterocycles. The van der Waals surface area contributed by atoms with Crippen LogP contribution in [0.1, 0.15) is 89.2 Å². The zero-order valence-electron chi connectivity index (χ0n) is 14.4. The monoisotopic (exact) mass is 287 g/mol. The van der Waals surface area contributed by atoms with Crippen LogP contribution in [0.25, 0.3) is 0 Å². The molecule has 21 heavy (non-hydrogen) atoms. The fourth-order valence-electron chi connectivity index (χ4n) is 3.47. The Morgan fingerprint density at radius 1 is 1.00 bits per heavy atom. The van der Waals surface area contributed by atoms with E-state index in [0.29, 0.717) is 11.8 Å². The maximum Gasteiger partial charge on any atom is 0.0375 e. The molecule has 0 aliphatic heterocycles. The smallest absolute Gasteiger partial charge is 0.0375 e. The van der Waals surface area contributed by atoms with Gasteiger partial charge < -0.3 is 5.32 Å². The van der Waals surface area contributed by atoms with Crippen molar-refractivity contribution < 1.29 is 0 Å². The number of rotatable bonds is 6. The zero-order chi connectivity index (χ0) is 15.2. The Balaban J connectivity index is 1.95. The van der Waals surface area contributed by atoms with Crippen molar-refractivity contribution in [3.05, 3.63) is 29.3 Å². The van der Waals surface area contributed by atoms with Crippen molar-refractivity contribution in [2.75, 3.05) is 11.9 Å². The summed E-state index contributed by atoms with van der Waals surface area (Å²) in [5.41, 5.74) is 4.28. The van der Waals surface area contributed by atoms with Crippen molar-refractivity contribution in [1.29, 1.82) is 0 Å². The van der Waals surface area contributed by atoms with Crippen LogP contribution in [-0.4, -0.2) is 6.54 Å². The lowest BCUT2D eigenvalue weighted by molar-refractivity contribution is 0.345. The highest BCUT2D eigenvalue weighted by Gasteiger charge is 2.14. The summed E-state index contributed by atoms with van der Waals surface area (Å²) in [5.74, 6) is 2.16. The molecule has 0 radical (unpaired) electrons. The molecule has 1 aliphatic rings. The Hall–Kier alpha value is -0.980. The molecule has 1 heteroatoms. The quantitative estimate of drug-likeness (QED) is 0.646. The minimum atomic E-state index is 0.584. The van der Waals surface area contributed by atoms with Crippen LogP contribution >= 0.6 is 0 Å². The highest BCUT2D eigenvalue weighted by molar-refractivity contribution is 5.54. The van der Waals surface area contributed by atoms with E-state index in [2.05, 4.69) is 51.2 Å². The molecule has 0 atom stereocenters. The molecule has 118 valence electrons. The molecular formula is C20H33N. The van der Waals surface area contributed by atoms with Gasteiger partial charge in [0, 0.05) is 12.2 Å². The topological polar surface area (TPSA) is 12.0 Å². The first kappa shape index (κ1) is 16.4. The summed E-state index contributed by atoms with van der Waals surface area (Å²) >= 11 is 0. The van der Waals surface area contributed by atoms with Crippen LogP contribution in [0.3, 0.4) is 0 Å². The maximum absolute atomic E-state index is 3.71. The van der Waals surface area contributed by atoms with Crippen molar-refractivity contribution in [3.8, 4) is 0 Å². The Morgan fingerprint density at radius 2 is 1.71 bits per heavy atom. The van der Waals surface area contributed by atoms with Gasteiger partial charge in [-0.15, -0.1) is 0 Å². The second-order valence-electron chi connectivity index (χ2n) is 7.38. The summed E-state index contributed by atoms with van der Waals surface area (Å²) < 4.78 is 0. The predicted octanol–water partition coefficient (Wildman–Crippen LogP) is 6.32. The summed E-state index contributed by atoms with van der Waals surface area (Å²) in [6.45, 7) is 10.3. The van der Waals surface area contributed by atoms with E-state index in [-0.39, 0.29) is 0 Å². The lowest BCUT2D eigenvalue weighted by atomic mass is 9.87. The van der Waals surface area contributed by atoms with Crippen molar-refractivity contribution in [2.45, 2.75) is 78.1 Å². The number of hydrogen-bond donors (Lipinski definition) is 1. The molecular weight excluding hydrogens is 254 g/mol. The molecule has 1 nitrogen and oxygen atoms in total. The molecule has 1 aromatic rings. The Morgan fingerprint density at radius 3 is 2.33 bits per heavy atom. The van der Waals surface area contributed by atoms with Gasteiger partial charge >= 0.3 is 0 Å². The molecule has 0 amide bonds. The highest BCUT2D eigenvalue weighted by Crippen LogP contribution is 2.30. The van der Waals surface area contributed by atoms with Crippen molar-refractivity contribution >= 4 is 5.69 Å². The molecule has 0 aromatic heterocycles. The summed E-state index contributed by atoms with van der Waals surface area (Å²) in [7, 11) is 0. The summed E-state index contributed by atoms with van der Waals surface area (Å²) in [4.78, 5) is 0. The van der Waals surface area contributed by atoms with Crippen molar-refractivity contribution in [1.82, 2.24) is 0 Å². The molecule has 1 saturated carbocycles. The van der Waals surface area contributed by atoms with E-state index in [0.717, 1.165) is 12.5 Å². The second-order valence-corrected chi connectivity index (χ2v) is 7.38. The SMILES string of the molecule is CC(C)c1ccc(NCCC2CCCCC2)c(C(C)C)c1. The van der Waals surface area contributed by atoms with Crippen molar-refractivity contribution in [3.63, 3.8) is 0 Å². The van der Waals surface area contributed by atoms with Crippen LogP contribution in [0, 0.1) is 5.92 Å². The van der Waals surface area contributed by atoms with Gasteiger partial charge in [0.2, 0.25) is 0 Å². The predicted molar refractivity (Wildman–Crippen MR) is 94.3 cm³/mol. The fraction of sp³-hybridized carbons (Fsp3) is 0.700. The van der Waals surface area contributed by atoms with Crippen LogP contribution in [0.15, 0.2) is 18.2 Å². The van der Waals surface area contributed by atoms with E-state index in [1.54, 1.807) is 0 Å². The van der Waals surface area contributed by atoms with E-state index in [1.165, 1.54) is 55.3 Å². The van der Waals surface area contributed by atoms with E-state index < -0.39 is 0 Å². The molecule has 1 fully saturated rings. The lowest BCUT2D eigenvalue weighted by Crippen LogP contribution is -2.13. The number of nitrogens with one attached hydrogen (secondary N) is 1. The maximum atomic E-state index is 3.71. The molecule has 0 unspecified atom stereocenters. The first-order valence-corrected chi connectivity index (χ1v) is 8.95. The molecule has 1 aromatic carbocycles. The summed E-state index contributed by atoms with van der Waals surface area (Å²) in [6, 6.07) is 6.99. The van der Waals surface area contributed by atoms with Gasteiger partial charge in [0.05, 0.1) is 0 Å². The third-order valence-electron chi connectivity index (χ3n) is 4.96. The summed E-state index contributed by atoms with van der Waals surface area (Å²) in [5, 5.41) is 3.71. The average molecular weight is 287 g/mol. The van der Waals surface area contributed by atoms with Gasteiger partial charge in [0.1, 0.15) is 0 Å². The Labute approximate surface area is 131 Å². The van der Waals surface area contributed by atoms with Gasteiger partial charge in [-0.1, -0.05) is 71.9 Å². The fourth-order valence-corrected chi connectivity index (χ4v) is 3.47. The Bertz CT molecular complexity index is 427. The number of anilines is 1. The lowest BCUT2D eigenvalue weighted by Gasteiger charge is -2.23. The van der Waals surface area contributed by atoms with E-state index in [9.17, 15) is 0 Å². The first-order chi connectivity index (χ1) is 10.1. The second kappa shape index (κ2) is 7.87. The molecule has 0 spiro atoms. The average Bonchev–Trinajstić information content (AvgIpc) is 2.48. The van der Waals surface area contributed by atoms with Gasteiger partial charge in [0.15, 0.2) is 0 Å². The van der Waals surface area contributed by atoms with Crippen LogP contribution in [0.2, 0.25) is 0 Å². The highest BCUT2D eigenvalue weighted by atomic mass is 14.9. The molecule has 0 bridgehead atoms. The van der Waals surface area contributed by atoms with Crippen LogP contribution < -0.4 is 5.32 Å². The first-order valence-electron chi connectivity index (χ1n) is 8.95. The molecule has 1 N–H and O–H groups in total. The minimum absolute atomic E-state index is 0.584. The number of benzene rings is 1. The number of hydrogen-bond acceptors (Lipinski definition) is 1. The van der Waals surface area contributed by atoms with Crippen LogP contribution in [-0.2, 0) is 0 Å². The Kier molecular flexibility index (Phi) is 6.14. The van der Waals surface area contributed by atoms with Gasteiger partial charge in [-0.2, -0.15) is 0 Å². The molecule has 1 aliphatic carbocycles. The minimum Gasteiger partial charge on any atom is -0.385 e. The van der Waals surface area contributed by atoms with Gasteiger partial charge in [-0.05, 0) is 41.4 Å². The van der Waals surface area contributed by atoms with E-state index in [4.69, 9.17) is 0 Å². The van der Waals surface area contributed by atoms with Gasteiger partial charge in [0.25, 0.3) is 0 Å². The third-order valence-corrected chi connectivity index (χ3v) is 4.96. The van der Waals surface area contributed by atoms with Crippen LogP contribution in [0.5, 0.6) is 0 Å². The van der Waals surface area contributed by atoms with E-state index in [1.807, 2.05) is 0 Å².